The van der Waals surface area contributed by atoms with Crippen LogP contribution in [0.25, 0.3) is 0 Å². The molecule has 0 saturated carbocycles. The normalized spacial score (nSPS) is 10.1. The molecule has 2 rings (SSSR count). The summed E-state index contributed by atoms with van der Waals surface area (Å²) in [5, 5.41) is 5.98. The van der Waals surface area contributed by atoms with E-state index in [1.807, 2.05) is 12.1 Å². The molecule has 0 fully saturated rings. The van der Waals surface area contributed by atoms with Crippen LogP contribution in [0.5, 0.6) is 0 Å². The molecule has 2 N–H and O–H groups in total. The summed E-state index contributed by atoms with van der Waals surface area (Å²) in [5.41, 5.74) is 1.36. The molecule has 126 valence electrons. The molecule has 0 spiro atoms. The second-order valence-corrected chi connectivity index (χ2v) is 5.79. The van der Waals surface area contributed by atoms with Crippen LogP contribution >= 0.6 is 11.6 Å². The lowest BCUT2D eigenvalue weighted by Crippen LogP contribution is -2.37. The minimum atomic E-state index is -0.339. The third kappa shape index (κ3) is 4.96. The van der Waals surface area contributed by atoms with E-state index in [0.717, 1.165) is 5.56 Å². The highest BCUT2D eigenvalue weighted by Gasteiger charge is 2.14. The zero-order valence-electron chi connectivity index (χ0n) is 13.5. The second kappa shape index (κ2) is 8.31. The maximum Gasteiger partial charge on any atom is 0.255 e. The number of carbonyl (C=O) groups is 2. The Labute approximate surface area is 145 Å². The van der Waals surface area contributed by atoms with E-state index in [1.54, 1.807) is 49.5 Å². The molecule has 0 atom stereocenters. The average Bonchev–Trinajstić information content (AvgIpc) is 2.59. The topological polar surface area (TPSA) is 74.3 Å². The second-order valence-electron chi connectivity index (χ2n) is 5.35. The third-order valence-electron chi connectivity index (χ3n) is 3.27. The van der Waals surface area contributed by atoms with Crippen molar-refractivity contribution in [2.45, 2.75) is 6.54 Å². The molecule has 1 aromatic carbocycles. The van der Waals surface area contributed by atoms with E-state index in [-0.39, 0.29) is 18.4 Å². The number of halogens is 1. The molecule has 2 aromatic rings. The van der Waals surface area contributed by atoms with Crippen LogP contribution in [0.2, 0.25) is 5.02 Å². The smallest absolute Gasteiger partial charge is 0.255 e. The molecular formula is C17H19ClN4O2. The van der Waals surface area contributed by atoms with Crippen molar-refractivity contribution in [2.24, 2.45) is 0 Å². The van der Waals surface area contributed by atoms with Crippen molar-refractivity contribution in [1.29, 1.82) is 0 Å². The van der Waals surface area contributed by atoms with Crippen LogP contribution in [0.15, 0.2) is 42.6 Å². The Balaban J connectivity index is 1.85. The Morgan fingerprint density at radius 1 is 1.12 bits per heavy atom. The van der Waals surface area contributed by atoms with Crippen molar-refractivity contribution in [1.82, 2.24) is 15.6 Å². The van der Waals surface area contributed by atoms with Crippen LogP contribution in [0.1, 0.15) is 15.9 Å². The van der Waals surface area contributed by atoms with Crippen LogP contribution in [-0.4, -0.2) is 37.4 Å². The van der Waals surface area contributed by atoms with E-state index < -0.39 is 0 Å². The molecule has 6 nitrogen and oxygen atoms in total. The maximum absolute atomic E-state index is 12.2. The Morgan fingerprint density at radius 2 is 1.83 bits per heavy atom. The summed E-state index contributed by atoms with van der Waals surface area (Å²) in [6.07, 6.45) is 1.62. The number of hydrogen-bond donors (Lipinski definition) is 2. The Morgan fingerprint density at radius 3 is 2.50 bits per heavy atom. The number of hydrogen-bond acceptors (Lipinski definition) is 4. The molecule has 0 aliphatic rings. The van der Waals surface area contributed by atoms with Crippen LogP contribution in [-0.2, 0) is 11.3 Å². The molecular weight excluding hydrogens is 328 g/mol. The molecule has 2 amide bonds. The van der Waals surface area contributed by atoms with Gasteiger partial charge in [0.05, 0.1) is 12.1 Å². The number of pyridine rings is 1. The standard InChI is InChI=1S/C17H19ClN4O2/c1-22(2)16-14(4-3-9-19-16)17(24)21-11-15(23)20-10-12-5-7-13(18)8-6-12/h3-9H,10-11H2,1-2H3,(H,20,23)(H,21,24). The van der Waals surface area contributed by atoms with Crippen molar-refractivity contribution in [3.63, 3.8) is 0 Å². The van der Waals surface area contributed by atoms with Gasteiger partial charge >= 0.3 is 0 Å². The SMILES string of the molecule is CN(C)c1ncccc1C(=O)NCC(=O)NCc1ccc(Cl)cc1. The van der Waals surface area contributed by atoms with Gasteiger partial charge in [-0.2, -0.15) is 0 Å². The van der Waals surface area contributed by atoms with Gasteiger partial charge in [-0.1, -0.05) is 23.7 Å². The lowest BCUT2D eigenvalue weighted by Gasteiger charge is -2.15. The first-order chi connectivity index (χ1) is 11.5. The molecule has 0 radical (unpaired) electrons. The molecule has 0 unspecified atom stereocenters. The van der Waals surface area contributed by atoms with Crippen LogP contribution in [0, 0.1) is 0 Å². The molecule has 24 heavy (non-hydrogen) atoms. The van der Waals surface area contributed by atoms with Gasteiger partial charge in [-0.15, -0.1) is 0 Å². The van der Waals surface area contributed by atoms with Crippen LogP contribution < -0.4 is 15.5 Å². The molecule has 0 bridgehead atoms. The minimum Gasteiger partial charge on any atom is -0.362 e. The van der Waals surface area contributed by atoms with Crippen molar-refractivity contribution in [3.8, 4) is 0 Å². The number of rotatable bonds is 6. The first-order valence-electron chi connectivity index (χ1n) is 7.39. The fourth-order valence-electron chi connectivity index (χ4n) is 2.05. The van der Waals surface area contributed by atoms with Gasteiger partial charge < -0.3 is 15.5 Å². The average molecular weight is 347 g/mol. The molecule has 1 aromatic heterocycles. The Kier molecular flexibility index (Phi) is 6.14. The van der Waals surface area contributed by atoms with Crippen LogP contribution in [0.3, 0.4) is 0 Å². The zero-order chi connectivity index (χ0) is 17.5. The van der Waals surface area contributed by atoms with Crippen molar-refractivity contribution < 1.29 is 9.59 Å². The van der Waals surface area contributed by atoms with Gasteiger partial charge in [0.2, 0.25) is 5.91 Å². The summed E-state index contributed by atoms with van der Waals surface area (Å²) in [6.45, 7) is 0.274. The number of aromatic nitrogens is 1. The highest BCUT2D eigenvalue weighted by molar-refractivity contribution is 6.30. The van der Waals surface area contributed by atoms with E-state index in [9.17, 15) is 9.59 Å². The largest absolute Gasteiger partial charge is 0.362 e. The number of carbonyl (C=O) groups excluding carboxylic acids is 2. The van der Waals surface area contributed by atoms with Gasteiger partial charge in [-0.25, -0.2) is 4.98 Å². The fourth-order valence-corrected chi connectivity index (χ4v) is 2.18. The van der Waals surface area contributed by atoms with E-state index in [0.29, 0.717) is 22.9 Å². The van der Waals surface area contributed by atoms with Crippen molar-refractivity contribution in [2.75, 3.05) is 25.5 Å². The predicted octanol–water partition coefficient (Wildman–Crippen LogP) is 1.85. The number of nitrogens with zero attached hydrogens (tertiary/aromatic N) is 2. The first-order valence-corrected chi connectivity index (χ1v) is 7.77. The van der Waals surface area contributed by atoms with Crippen molar-refractivity contribution in [3.05, 3.63) is 58.7 Å². The number of nitrogens with one attached hydrogen (secondary N) is 2. The molecule has 0 saturated heterocycles. The van der Waals surface area contributed by atoms with E-state index in [2.05, 4.69) is 15.6 Å². The third-order valence-corrected chi connectivity index (χ3v) is 3.52. The summed E-state index contributed by atoms with van der Waals surface area (Å²) in [6, 6.07) is 10.5. The van der Waals surface area contributed by atoms with Crippen molar-refractivity contribution >= 4 is 29.2 Å². The zero-order valence-corrected chi connectivity index (χ0v) is 14.3. The van der Waals surface area contributed by atoms with Crippen LogP contribution in [0.4, 0.5) is 5.82 Å². The summed E-state index contributed by atoms with van der Waals surface area (Å²) in [7, 11) is 3.61. The van der Waals surface area contributed by atoms with Gasteiger partial charge in [0.25, 0.3) is 5.91 Å². The van der Waals surface area contributed by atoms with Gasteiger partial charge in [0.15, 0.2) is 0 Å². The molecule has 1 heterocycles. The first kappa shape index (κ1) is 17.7. The number of amides is 2. The lowest BCUT2D eigenvalue weighted by molar-refractivity contribution is -0.120. The Bertz CT molecular complexity index is 717. The highest BCUT2D eigenvalue weighted by Crippen LogP contribution is 2.13. The summed E-state index contributed by atoms with van der Waals surface area (Å²) in [5.74, 6) is -0.0568. The summed E-state index contributed by atoms with van der Waals surface area (Å²) >= 11 is 5.81. The Hall–Kier alpha value is -2.60. The van der Waals surface area contributed by atoms with Gasteiger partial charge in [0, 0.05) is 31.9 Å². The summed E-state index contributed by atoms with van der Waals surface area (Å²) < 4.78 is 0. The quantitative estimate of drug-likeness (QED) is 0.837. The monoisotopic (exact) mass is 346 g/mol. The van der Waals surface area contributed by atoms with E-state index in [4.69, 9.17) is 11.6 Å². The van der Waals surface area contributed by atoms with Gasteiger partial charge in [-0.05, 0) is 29.8 Å². The molecule has 7 heteroatoms. The molecule has 0 aliphatic heterocycles. The predicted molar refractivity (Wildman–Crippen MR) is 94.2 cm³/mol. The van der Waals surface area contributed by atoms with E-state index >= 15 is 0 Å². The fraction of sp³-hybridized carbons (Fsp3) is 0.235. The summed E-state index contributed by atoms with van der Waals surface area (Å²) in [4.78, 5) is 30.0. The van der Waals surface area contributed by atoms with Gasteiger partial charge in [0.1, 0.15) is 5.82 Å². The van der Waals surface area contributed by atoms with E-state index in [1.165, 1.54) is 0 Å². The maximum atomic E-state index is 12.2. The molecule has 0 aliphatic carbocycles. The minimum absolute atomic E-state index is 0.103. The highest BCUT2D eigenvalue weighted by atomic mass is 35.5. The lowest BCUT2D eigenvalue weighted by atomic mass is 10.2. The van der Waals surface area contributed by atoms with Gasteiger partial charge in [-0.3, -0.25) is 9.59 Å². The number of benzene rings is 1. The number of anilines is 1.